The maximum Gasteiger partial charge on any atom is 0.240 e. The maximum atomic E-state index is 12.0. The maximum absolute atomic E-state index is 12.0. The molecule has 0 saturated heterocycles. The normalized spacial score (nSPS) is 11.2. The molecule has 0 aliphatic heterocycles. The Kier molecular flexibility index (Phi) is 5.28. The Balaban J connectivity index is 1.93. The summed E-state index contributed by atoms with van der Waals surface area (Å²) in [5.74, 6) is -0.0121. The average Bonchev–Trinajstić information content (AvgIpc) is 3.00. The molecular formula is C14H19N3OS2. The first-order valence-electron chi connectivity index (χ1n) is 6.53. The monoisotopic (exact) mass is 309 g/mol. The first-order chi connectivity index (χ1) is 9.54. The van der Waals surface area contributed by atoms with Gasteiger partial charge in [-0.25, -0.2) is 4.98 Å². The molecule has 1 amide bonds. The highest BCUT2D eigenvalue weighted by Crippen LogP contribution is 2.18. The predicted octanol–water partition coefficient (Wildman–Crippen LogP) is 3.36. The summed E-state index contributed by atoms with van der Waals surface area (Å²) < 4.78 is 0. The average molecular weight is 309 g/mol. The molecule has 0 fully saturated rings. The van der Waals surface area contributed by atoms with Crippen molar-refractivity contribution in [3.05, 3.63) is 33.5 Å². The van der Waals surface area contributed by atoms with E-state index in [1.807, 2.05) is 5.38 Å². The second kappa shape index (κ2) is 6.97. The lowest BCUT2D eigenvalue weighted by Crippen LogP contribution is -2.37. The Bertz CT molecular complexity index is 549. The number of aryl methyl sites for hydroxylation is 1. The third-order valence-electron chi connectivity index (χ3n) is 2.91. The first-order valence-corrected chi connectivity index (χ1v) is 8.23. The van der Waals surface area contributed by atoms with Crippen molar-refractivity contribution in [1.82, 2.24) is 9.88 Å². The zero-order chi connectivity index (χ0) is 14.5. The lowest BCUT2D eigenvalue weighted by Gasteiger charge is -2.24. The molecule has 6 heteroatoms. The van der Waals surface area contributed by atoms with E-state index in [-0.39, 0.29) is 5.91 Å². The van der Waals surface area contributed by atoms with E-state index in [1.165, 1.54) is 21.1 Å². The Hall–Kier alpha value is -1.24. The highest BCUT2D eigenvalue weighted by atomic mass is 32.1. The molecule has 0 aromatic carbocycles. The summed E-state index contributed by atoms with van der Waals surface area (Å²) in [6.45, 7) is 7.51. The van der Waals surface area contributed by atoms with Crippen LogP contribution in [-0.4, -0.2) is 28.4 Å². The zero-order valence-electron chi connectivity index (χ0n) is 11.9. The molecule has 0 aliphatic rings. The predicted molar refractivity (Wildman–Crippen MR) is 85.3 cm³/mol. The molecule has 0 aliphatic carbocycles. The van der Waals surface area contributed by atoms with Crippen LogP contribution in [0.1, 0.15) is 23.6 Å². The molecule has 0 bridgehead atoms. The summed E-state index contributed by atoms with van der Waals surface area (Å²) in [5.41, 5.74) is 0. The molecule has 2 aromatic heterocycles. The summed E-state index contributed by atoms with van der Waals surface area (Å²) >= 11 is 3.22. The molecule has 108 valence electrons. The van der Waals surface area contributed by atoms with Crippen LogP contribution in [0.2, 0.25) is 0 Å². The van der Waals surface area contributed by atoms with Gasteiger partial charge in [-0.05, 0) is 32.9 Å². The standard InChI is InChI=1S/C14H19N3OS2/c1-10(2)17(8-12-5-4-11(3)20-12)9-13(18)16-14-15-6-7-19-14/h4-7,10H,8-9H2,1-3H3,(H,15,16,18). The summed E-state index contributed by atoms with van der Waals surface area (Å²) in [6.07, 6.45) is 1.69. The van der Waals surface area contributed by atoms with Crippen LogP contribution in [0.4, 0.5) is 5.13 Å². The fourth-order valence-corrected chi connectivity index (χ4v) is 3.28. The first kappa shape index (κ1) is 15.2. The second-order valence-corrected chi connectivity index (χ2v) is 7.16. The van der Waals surface area contributed by atoms with Crippen LogP contribution in [0.25, 0.3) is 0 Å². The van der Waals surface area contributed by atoms with Crippen molar-refractivity contribution in [1.29, 1.82) is 0 Å². The van der Waals surface area contributed by atoms with Crippen LogP contribution >= 0.6 is 22.7 Å². The SMILES string of the molecule is Cc1ccc(CN(CC(=O)Nc2nccs2)C(C)C)s1. The highest BCUT2D eigenvalue weighted by molar-refractivity contribution is 7.13. The van der Waals surface area contributed by atoms with E-state index in [2.05, 4.69) is 48.1 Å². The summed E-state index contributed by atoms with van der Waals surface area (Å²) in [5, 5.41) is 5.34. The van der Waals surface area contributed by atoms with Gasteiger partial charge in [0.15, 0.2) is 5.13 Å². The van der Waals surface area contributed by atoms with Gasteiger partial charge in [0.2, 0.25) is 5.91 Å². The number of carbonyl (C=O) groups excluding carboxylic acids is 1. The Morgan fingerprint density at radius 1 is 1.45 bits per heavy atom. The van der Waals surface area contributed by atoms with Gasteiger partial charge in [0, 0.05) is 33.9 Å². The van der Waals surface area contributed by atoms with Gasteiger partial charge in [0.05, 0.1) is 6.54 Å². The number of hydrogen-bond acceptors (Lipinski definition) is 5. The van der Waals surface area contributed by atoms with E-state index in [0.29, 0.717) is 17.7 Å². The fourth-order valence-electron chi connectivity index (χ4n) is 1.82. The summed E-state index contributed by atoms with van der Waals surface area (Å²) in [7, 11) is 0. The van der Waals surface area contributed by atoms with Crippen molar-refractivity contribution in [2.75, 3.05) is 11.9 Å². The molecule has 0 saturated carbocycles. The number of anilines is 1. The molecule has 20 heavy (non-hydrogen) atoms. The third kappa shape index (κ3) is 4.40. The van der Waals surface area contributed by atoms with Crippen LogP contribution in [0, 0.1) is 6.92 Å². The molecule has 2 rings (SSSR count). The number of nitrogens with zero attached hydrogens (tertiary/aromatic N) is 2. The van der Waals surface area contributed by atoms with Crippen molar-refractivity contribution in [2.24, 2.45) is 0 Å². The minimum Gasteiger partial charge on any atom is -0.301 e. The Labute approximate surface area is 127 Å². The molecule has 4 nitrogen and oxygen atoms in total. The van der Waals surface area contributed by atoms with Gasteiger partial charge in [0.25, 0.3) is 0 Å². The van der Waals surface area contributed by atoms with Crippen LogP contribution in [0.15, 0.2) is 23.7 Å². The van der Waals surface area contributed by atoms with Crippen molar-refractivity contribution < 1.29 is 4.79 Å². The molecule has 0 spiro atoms. The Morgan fingerprint density at radius 2 is 2.25 bits per heavy atom. The van der Waals surface area contributed by atoms with Crippen molar-refractivity contribution in [2.45, 2.75) is 33.4 Å². The number of carbonyl (C=O) groups is 1. The highest BCUT2D eigenvalue weighted by Gasteiger charge is 2.16. The number of thiazole rings is 1. The van der Waals surface area contributed by atoms with E-state index in [9.17, 15) is 4.79 Å². The molecule has 2 aromatic rings. The van der Waals surface area contributed by atoms with Gasteiger partial charge in [0.1, 0.15) is 0 Å². The van der Waals surface area contributed by atoms with E-state index in [1.54, 1.807) is 17.5 Å². The van der Waals surface area contributed by atoms with Gasteiger partial charge < -0.3 is 5.32 Å². The number of rotatable bonds is 6. The smallest absolute Gasteiger partial charge is 0.240 e. The van der Waals surface area contributed by atoms with Crippen LogP contribution in [0.3, 0.4) is 0 Å². The zero-order valence-corrected chi connectivity index (χ0v) is 13.6. The van der Waals surface area contributed by atoms with Crippen LogP contribution < -0.4 is 5.32 Å². The molecule has 0 radical (unpaired) electrons. The lowest BCUT2D eigenvalue weighted by molar-refractivity contribution is -0.117. The van der Waals surface area contributed by atoms with E-state index in [4.69, 9.17) is 0 Å². The number of thiophene rings is 1. The van der Waals surface area contributed by atoms with E-state index >= 15 is 0 Å². The van der Waals surface area contributed by atoms with Crippen molar-refractivity contribution in [3.8, 4) is 0 Å². The van der Waals surface area contributed by atoms with Gasteiger partial charge >= 0.3 is 0 Å². The molecule has 0 atom stereocenters. The Morgan fingerprint density at radius 3 is 2.80 bits per heavy atom. The minimum atomic E-state index is -0.0121. The lowest BCUT2D eigenvalue weighted by atomic mass is 10.3. The summed E-state index contributed by atoms with van der Waals surface area (Å²) in [6, 6.07) is 4.57. The van der Waals surface area contributed by atoms with Crippen molar-refractivity contribution >= 4 is 33.7 Å². The molecule has 0 unspecified atom stereocenters. The summed E-state index contributed by atoms with van der Waals surface area (Å²) in [4.78, 5) is 20.9. The number of amides is 1. The largest absolute Gasteiger partial charge is 0.301 e. The van der Waals surface area contributed by atoms with Crippen LogP contribution in [0.5, 0.6) is 0 Å². The molecule has 2 heterocycles. The van der Waals surface area contributed by atoms with E-state index in [0.717, 1.165) is 6.54 Å². The third-order valence-corrected chi connectivity index (χ3v) is 4.58. The topological polar surface area (TPSA) is 45.2 Å². The number of aromatic nitrogens is 1. The van der Waals surface area contributed by atoms with Crippen LogP contribution in [-0.2, 0) is 11.3 Å². The van der Waals surface area contributed by atoms with Gasteiger partial charge in [-0.1, -0.05) is 0 Å². The molecular weight excluding hydrogens is 290 g/mol. The quantitative estimate of drug-likeness (QED) is 0.890. The molecule has 1 N–H and O–H groups in total. The minimum absolute atomic E-state index is 0.0121. The van der Waals surface area contributed by atoms with E-state index < -0.39 is 0 Å². The number of nitrogens with one attached hydrogen (secondary N) is 1. The van der Waals surface area contributed by atoms with Crippen molar-refractivity contribution in [3.63, 3.8) is 0 Å². The second-order valence-electron chi connectivity index (χ2n) is 4.90. The van der Waals surface area contributed by atoms with Gasteiger partial charge in [-0.15, -0.1) is 22.7 Å². The van der Waals surface area contributed by atoms with Gasteiger partial charge in [-0.2, -0.15) is 0 Å². The number of hydrogen-bond donors (Lipinski definition) is 1. The fraction of sp³-hybridized carbons (Fsp3) is 0.429. The van der Waals surface area contributed by atoms with Gasteiger partial charge in [-0.3, -0.25) is 9.69 Å².